The van der Waals surface area contributed by atoms with Crippen LogP contribution in [0.1, 0.15) is 90.2 Å². The molecule has 2 N–H and O–H groups in total. The van der Waals surface area contributed by atoms with E-state index < -0.39 is 11.7 Å². The Morgan fingerprint density at radius 1 is 1.24 bits per heavy atom. The van der Waals surface area contributed by atoms with E-state index in [0.717, 1.165) is 32.1 Å². The lowest BCUT2D eigenvalue weighted by atomic mass is 9.95. The number of aliphatic imine (C=N–C) groups is 1. The van der Waals surface area contributed by atoms with Gasteiger partial charge in [0.15, 0.2) is 11.4 Å². The van der Waals surface area contributed by atoms with E-state index in [1.165, 1.54) is 32.8 Å². The average Bonchev–Trinajstić information content (AvgIpc) is 2.80. The van der Waals surface area contributed by atoms with Gasteiger partial charge in [0.2, 0.25) is 0 Å². The van der Waals surface area contributed by atoms with Crippen LogP contribution in [0.2, 0.25) is 0 Å². The van der Waals surface area contributed by atoms with Crippen LogP contribution in [0, 0.1) is 31.3 Å². The lowest BCUT2D eigenvalue weighted by Gasteiger charge is -2.26. The maximum atomic E-state index is 13.2. The largest absolute Gasteiger partial charge is 0.462 e. The minimum atomic E-state index is -0.946. The Hall–Kier alpha value is -2.53. The van der Waals surface area contributed by atoms with E-state index in [2.05, 4.69) is 27.8 Å². The van der Waals surface area contributed by atoms with Gasteiger partial charge >= 0.3 is 12.0 Å². The number of ether oxygens (including phenoxy) is 2. The van der Waals surface area contributed by atoms with Crippen LogP contribution < -0.4 is 5.73 Å². The molecule has 0 aliphatic carbocycles. The third-order valence-corrected chi connectivity index (χ3v) is 5.86. The van der Waals surface area contributed by atoms with Gasteiger partial charge in [-0.25, -0.2) is 4.98 Å². The van der Waals surface area contributed by atoms with Gasteiger partial charge in [-0.2, -0.15) is 9.37 Å². The smallest absolute Gasteiger partial charge is 0.310 e. The number of anilines is 1. The maximum Gasteiger partial charge on any atom is 0.310 e. The number of unbranched alkanes of at least 4 members (excludes halogenated alkanes) is 6. The van der Waals surface area contributed by atoms with E-state index in [1.807, 2.05) is 6.92 Å². The van der Waals surface area contributed by atoms with Crippen molar-refractivity contribution in [3.8, 4) is 12.3 Å². The number of nitrogens with zero attached hydrogens (tertiary/aromatic N) is 3. The van der Waals surface area contributed by atoms with E-state index >= 15 is 0 Å². The number of halogens is 1. The zero-order valence-corrected chi connectivity index (χ0v) is 21.2. The summed E-state index contributed by atoms with van der Waals surface area (Å²) in [6.45, 7) is 5.88. The molecule has 7 nitrogen and oxygen atoms in total. The Kier molecular flexibility index (Phi) is 14.0. The van der Waals surface area contributed by atoms with Crippen LogP contribution in [0.4, 0.5) is 15.9 Å². The summed E-state index contributed by atoms with van der Waals surface area (Å²) in [7, 11) is 1.54. The summed E-state index contributed by atoms with van der Waals surface area (Å²) in [5, 5.41) is 0. The van der Waals surface area contributed by atoms with Crippen molar-refractivity contribution in [1.29, 1.82) is 0 Å². The van der Waals surface area contributed by atoms with Crippen molar-refractivity contribution in [1.82, 2.24) is 9.97 Å². The number of nitrogen functional groups attached to an aromatic ring is 1. The first-order valence-corrected chi connectivity index (χ1v) is 12.3. The highest BCUT2D eigenvalue weighted by molar-refractivity contribution is 5.71. The topological polar surface area (TPSA) is 99.7 Å². The fraction of sp³-hybridized carbons (Fsp3) is 0.692. The van der Waals surface area contributed by atoms with Gasteiger partial charge in [-0.05, 0) is 38.5 Å². The van der Waals surface area contributed by atoms with Crippen LogP contribution in [0.5, 0.6) is 0 Å². The molecular formula is C26H41FN4O3. The van der Waals surface area contributed by atoms with Gasteiger partial charge in [0.1, 0.15) is 12.3 Å². The summed E-state index contributed by atoms with van der Waals surface area (Å²) in [6.07, 6.45) is 17.1. The minimum Gasteiger partial charge on any atom is -0.462 e. The van der Waals surface area contributed by atoms with Crippen molar-refractivity contribution in [2.45, 2.75) is 97.0 Å². The van der Waals surface area contributed by atoms with Crippen LogP contribution in [0.25, 0.3) is 0 Å². The average molecular weight is 477 g/mol. The molecule has 0 saturated heterocycles. The quantitative estimate of drug-likeness (QED) is 0.101. The van der Waals surface area contributed by atoms with Gasteiger partial charge in [-0.1, -0.05) is 58.3 Å². The Labute approximate surface area is 204 Å². The van der Waals surface area contributed by atoms with Gasteiger partial charge in [0, 0.05) is 19.7 Å². The van der Waals surface area contributed by atoms with E-state index in [0.29, 0.717) is 24.2 Å². The highest BCUT2D eigenvalue weighted by Gasteiger charge is 2.29. The van der Waals surface area contributed by atoms with Crippen LogP contribution in [-0.4, -0.2) is 41.5 Å². The van der Waals surface area contributed by atoms with E-state index in [9.17, 15) is 9.18 Å². The summed E-state index contributed by atoms with van der Waals surface area (Å²) in [5.74, 6) is 2.55. The van der Waals surface area contributed by atoms with Gasteiger partial charge in [-0.15, -0.1) is 6.42 Å². The molecule has 1 aromatic heterocycles. The molecule has 0 aliphatic heterocycles. The second-order valence-electron chi connectivity index (χ2n) is 8.83. The lowest BCUT2D eigenvalue weighted by Crippen LogP contribution is -2.36. The molecule has 2 unspecified atom stereocenters. The predicted octanol–water partition coefficient (Wildman–Crippen LogP) is 5.72. The Bertz CT molecular complexity index is 802. The van der Waals surface area contributed by atoms with Crippen molar-refractivity contribution in [2.24, 2.45) is 10.9 Å². The summed E-state index contributed by atoms with van der Waals surface area (Å²) in [4.78, 5) is 23.6. The second kappa shape index (κ2) is 16.2. The molecule has 0 aliphatic rings. The molecular weight excluding hydrogens is 435 g/mol. The summed E-state index contributed by atoms with van der Waals surface area (Å²) >= 11 is 0. The third kappa shape index (κ3) is 11.1. The number of hydrogen-bond acceptors (Lipinski definition) is 7. The van der Waals surface area contributed by atoms with Gasteiger partial charge in [-0.3, -0.25) is 9.79 Å². The molecule has 1 heterocycles. The number of hydrogen-bond donors (Lipinski definition) is 1. The van der Waals surface area contributed by atoms with Crippen LogP contribution >= 0.6 is 0 Å². The number of carbonyl (C=O) groups is 1. The summed E-state index contributed by atoms with van der Waals surface area (Å²) < 4.78 is 24.2. The number of nitrogens with two attached hydrogens (primary N) is 1. The Morgan fingerprint density at radius 2 is 1.91 bits per heavy atom. The van der Waals surface area contributed by atoms with Gasteiger partial charge in [0.05, 0.1) is 5.69 Å². The number of rotatable bonds is 17. The third-order valence-electron chi connectivity index (χ3n) is 5.86. The molecule has 0 amide bonds. The zero-order chi connectivity index (χ0) is 25.4. The fourth-order valence-corrected chi connectivity index (χ4v) is 3.60. The standard InChI is InChI=1S/C26H41FN4O3/c1-6-8-9-10-11-12-13-16-22(32)34-19-26(7-2,33-5)17-14-15-20(3)18-29-23-21(4)30-25(27)31-24(23)28/h2,18,20H,6,8-17,19H2,1,3-5H3,(H2,28,30,31). The van der Waals surface area contributed by atoms with Crippen LogP contribution in [0.15, 0.2) is 4.99 Å². The monoisotopic (exact) mass is 476 g/mol. The van der Waals surface area contributed by atoms with Crippen molar-refractivity contribution >= 4 is 23.7 Å². The van der Waals surface area contributed by atoms with E-state index in [1.54, 1.807) is 13.1 Å². The number of methoxy groups -OCH3 is 1. The molecule has 0 aromatic carbocycles. The van der Waals surface area contributed by atoms with Crippen molar-refractivity contribution < 1.29 is 18.7 Å². The molecule has 190 valence electrons. The molecule has 1 aromatic rings. The molecule has 0 bridgehead atoms. The number of aromatic nitrogens is 2. The minimum absolute atomic E-state index is 0.0116. The molecule has 0 fully saturated rings. The van der Waals surface area contributed by atoms with Crippen molar-refractivity contribution in [2.75, 3.05) is 19.5 Å². The van der Waals surface area contributed by atoms with Crippen LogP contribution in [0.3, 0.4) is 0 Å². The maximum absolute atomic E-state index is 13.2. The number of terminal acetylenes is 1. The van der Waals surface area contributed by atoms with Crippen molar-refractivity contribution in [3.63, 3.8) is 0 Å². The highest BCUT2D eigenvalue weighted by Crippen LogP contribution is 2.24. The molecule has 0 radical (unpaired) electrons. The first-order valence-electron chi connectivity index (χ1n) is 12.3. The van der Waals surface area contributed by atoms with Gasteiger partial charge in [0.25, 0.3) is 0 Å². The second-order valence-corrected chi connectivity index (χ2v) is 8.83. The summed E-state index contributed by atoms with van der Waals surface area (Å²) in [5.41, 5.74) is 5.55. The van der Waals surface area contributed by atoms with E-state index in [-0.39, 0.29) is 24.3 Å². The highest BCUT2D eigenvalue weighted by atomic mass is 19.1. The molecule has 0 spiro atoms. The number of carbonyl (C=O) groups excluding carboxylic acids is 1. The first-order chi connectivity index (χ1) is 16.3. The molecule has 8 heteroatoms. The Morgan fingerprint density at radius 3 is 2.53 bits per heavy atom. The normalized spacial score (nSPS) is 14.0. The predicted molar refractivity (Wildman–Crippen MR) is 134 cm³/mol. The molecule has 34 heavy (non-hydrogen) atoms. The number of aryl methyl sites for hydroxylation is 1. The van der Waals surface area contributed by atoms with Crippen LogP contribution in [-0.2, 0) is 14.3 Å². The lowest BCUT2D eigenvalue weighted by molar-refractivity contribution is -0.150. The first kappa shape index (κ1) is 29.5. The summed E-state index contributed by atoms with van der Waals surface area (Å²) in [6, 6.07) is 0. The van der Waals surface area contributed by atoms with Gasteiger partial charge < -0.3 is 15.2 Å². The number of esters is 1. The van der Waals surface area contributed by atoms with Crippen molar-refractivity contribution in [3.05, 3.63) is 11.8 Å². The SMILES string of the molecule is C#CC(CCCC(C)C=Nc1c(C)nc(F)nc1N)(COC(=O)CCCCCCCCC)OC. The molecule has 1 rings (SSSR count). The van der Waals surface area contributed by atoms with E-state index in [4.69, 9.17) is 21.6 Å². The fourth-order valence-electron chi connectivity index (χ4n) is 3.60. The molecule has 2 atom stereocenters. The molecule has 0 saturated carbocycles. The Balaban J connectivity index is 2.42. The zero-order valence-electron chi connectivity index (χ0n) is 21.2.